The monoisotopic (exact) mass is 200 g/mol. The molecule has 1 aliphatic heterocycles. The number of likely N-dealkylation sites (tertiary alicyclic amines) is 1. The average Bonchev–Trinajstić information content (AvgIpc) is 2.56. The molecule has 0 amide bonds. The largest absolute Gasteiger partial charge is 0.379 e. The van der Waals surface area contributed by atoms with Crippen LogP contribution in [0.25, 0.3) is 0 Å². The third-order valence-electron chi connectivity index (χ3n) is 3.43. The fourth-order valence-corrected chi connectivity index (χ4v) is 2.37. The van der Waals surface area contributed by atoms with Gasteiger partial charge in [-0.2, -0.15) is 0 Å². The zero-order valence-corrected chi connectivity index (χ0v) is 9.70. The lowest BCUT2D eigenvalue weighted by atomic mass is 10.1. The van der Waals surface area contributed by atoms with Crippen molar-refractivity contribution in [3.05, 3.63) is 0 Å². The van der Waals surface area contributed by atoms with Gasteiger partial charge in [-0.3, -0.25) is 4.90 Å². The van der Waals surface area contributed by atoms with Crippen LogP contribution in [0.2, 0.25) is 0 Å². The van der Waals surface area contributed by atoms with Gasteiger partial charge in [0.1, 0.15) is 0 Å². The first-order chi connectivity index (χ1) is 6.72. The van der Waals surface area contributed by atoms with Gasteiger partial charge in [-0.05, 0) is 26.2 Å². The molecular formula is C11H24N2O. The van der Waals surface area contributed by atoms with Crippen molar-refractivity contribution >= 4 is 0 Å². The maximum atomic E-state index is 5.64. The lowest BCUT2D eigenvalue weighted by Gasteiger charge is -2.30. The molecule has 84 valence electrons. The van der Waals surface area contributed by atoms with Gasteiger partial charge in [0, 0.05) is 32.3 Å². The van der Waals surface area contributed by atoms with E-state index in [0.29, 0.717) is 12.6 Å². The highest BCUT2D eigenvalue weighted by molar-refractivity contribution is 4.86. The minimum Gasteiger partial charge on any atom is -0.379 e. The Labute approximate surface area is 87.6 Å². The Bertz CT molecular complexity index is 159. The highest BCUT2D eigenvalue weighted by atomic mass is 16.5. The van der Waals surface area contributed by atoms with Crippen LogP contribution in [0.15, 0.2) is 0 Å². The van der Waals surface area contributed by atoms with Crippen LogP contribution < -0.4 is 5.73 Å². The van der Waals surface area contributed by atoms with Crippen LogP contribution in [-0.4, -0.2) is 43.3 Å². The smallest absolute Gasteiger partial charge is 0.0820 e. The number of nitrogens with two attached hydrogens (primary N) is 1. The highest BCUT2D eigenvalue weighted by Crippen LogP contribution is 2.25. The molecule has 0 saturated carbocycles. The predicted octanol–water partition coefficient (Wildman–Crippen LogP) is 1.22. The number of rotatable bonds is 5. The first-order valence-corrected chi connectivity index (χ1v) is 5.71. The quantitative estimate of drug-likeness (QED) is 0.725. The second kappa shape index (κ2) is 5.69. The summed E-state index contributed by atoms with van der Waals surface area (Å²) in [6.45, 7) is 6.18. The molecule has 3 nitrogen and oxygen atoms in total. The SMILES string of the molecule is CCC1CCC(C)N1CC(CN)OC. The summed E-state index contributed by atoms with van der Waals surface area (Å²) in [7, 11) is 1.75. The van der Waals surface area contributed by atoms with E-state index in [2.05, 4.69) is 18.7 Å². The van der Waals surface area contributed by atoms with Crippen molar-refractivity contribution in [2.75, 3.05) is 20.2 Å². The molecule has 14 heavy (non-hydrogen) atoms. The predicted molar refractivity (Wildman–Crippen MR) is 59.3 cm³/mol. The van der Waals surface area contributed by atoms with E-state index in [4.69, 9.17) is 10.5 Å². The summed E-state index contributed by atoms with van der Waals surface area (Å²) in [6, 6.07) is 1.44. The van der Waals surface area contributed by atoms with E-state index >= 15 is 0 Å². The zero-order chi connectivity index (χ0) is 10.6. The lowest BCUT2D eigenvalue weighted by molar-refractivity contribution is 0.0529. The van der Waals surface area contributed by atoms with E-state index in [1.54, 1.807) is 7.11 Å². The van der Waals surface area contributed by atoms with Crippen molar-refractivity contribution in [1.82, 2.24) is 4.90 Å². The Hall–Kier alpha value is -0.120. The zero-order valence-electron chi connectivity index (χ0n) is 9.70. The Balaban J connectivity index is 2.47. The summed E-state index contributed by atoms with van der Waals surface area (Å²) in [5, 5.41) is 0. The molecule has 3 heteroatoms. The van der Waals surface area contributed by atoms with Crippen molar-refractivity contribution in [3.8, 4) is 0 Å². The van der Waals surface area contributed by atoms with E-state index in [9.17, 15) is 0 Å². The van der Waals surface area contributed by atoms with Crippen LogP contribution >= 0.6 is 0 Å². The summed E-state index contributed by atoms with van der Waals surface area (Å²) in [5.74, 6) is 0. The van der Waals surface area contributed by atoms with Gasteiger partial charge >= 0.3 is 0 Å². The molecule has 0 spiro atoms. The third-order valence-corrected chi connectivity index (χ3v) is 3.43. The molecule has 3 atom stereocenters. The molecule has 1 heterocycles. The lowest BCUT2D eigenvalue weighted by Crippen LogP contribution is -2.43. The average molecular weight is 200 g/mol. The molecule has 0 bridgehead atoms. The Morgan fingerprint density at radius 1 is 1.50 bits per heavy atom. The number of hydrogen-bond donors (Lipinski definition) is 1. The Morgan fingerprint density at radius 2 is 2.21 bits per heavy atom. The summed E-state index contributed by atoms with van der Waals surface area (Å²) in [5.41, 5.74) is 5.64. The van der Waals surface area contributed by atoms with Gasteiger partial charge in [0.15, 0.2) is 0 Å². The summed E-state index contributed by atoms with van der Waals surface area (Å²) >= 11 is 0. The number of nitrogens with zero attached hydrogens (tertiary/aromatic N) is 1. The fourth-order valence-electron chi connectivity index (χ4n) is 2.37. The molecule has 0 aliphatic carbocycles. The van der Waals surface area contributed by atoms with Crippen molar-refractivity contribution < 1.29 is 4.74 Å². The topological polar surface area (TPSA) is 38.5 Å². The van der Waals surface area contributed by atoms with Gasteiger partial charge in [0.05, 0.1) is 6.10 Å². The van der Waals surface area contributed by atoms with E-state index in [-0.39, 0.29) is 6.10 Å². The number of hydrogen-bond acceptors (Lipinski definition) is 3. The minimum atomic E-state index is 0.199. The minimum absolute atomic E-state index is 0.199. The maximum Gasteiger partial charge on any atom is 0.0820 e. The van der Waals surface area contributed by atoms with Crippen molar-refractivity contribution in [2.45, 2.75) is 51.3 Å². The van der Waals surface area contributed by atoms with E-state index in [0.717, 1.165) is 12.6 Å². The summed E-state index contributed by atoms with van der Waals surface area (Å²) < 4.78 is 5.34. The molecule has 0 radical (unpaired) electrons. The van der Waals surface area contributed by atoms with E-state index < -0.39 is 0 Å². The maximum absolute atomic E-state index is 5.64. The second-order valence-corrected chi connectivity index (χ2v) is 4.28. The molecule has 1 aliphatic rings. The molecular weight excluding hydrogens is 176 g/mol. The van der Waals surface area contributed by atoms with Gasteiger partial charge in [-0.25, -0.2) is 0 Å². The molecule has 0 aromatic rings. The molecule has 1 rings (SSSR count). The molecule has 1 saturated heterocycles. The van der Waals surface area contributed by atoms with E-state index in [1.165, 1.54) is 19.3 Å². The fraction of sp³-hybridized carbons (Fsp3) is 1.00. The van der Waals surface area contributed by atoms with Gasteiger partial charge in [0.25, 0.3) is 0 Å². The van der Waals surface area contributed by atoms with Crippen LogP contribution in [-0.2, 0) is 4.74 Å². The van der Waals surface area contributed by atoms with Crippen LogP contribution in [0, 0.1) is 0 Å². The first kappa shape index (κ1) is 12.0. The van der Waals surface area contributed by atoms with Crippen molar-refractivity contribution in [2.24, 2.45) is 5.73 Å². The number of ether oxygens (including phenoxy) is 1. The van der Waals surface area contributed by atoms with Crippen LogP contribution in [0.3, 0.4) is 0 Å². The Kier molecular flexibility index (Phi) is 4.85. The van der Waals surface area contributed by atoms with Gasteiger partial charge in [0.2, 0.25) is 0 Å². The molecule has 3 unspecified atom stereocenters. The molecule has 1 fully saturated rings. The van der Waals surface area contributed by atoms with Crippen LogP contribution in [0.1, 0.15) is 33.1 Å². The molecule has 0 aromatic heterocycles. The van der Waals surface area contributed by atoms with Gasteiger partial charge in [-0.15, -0.1) is 0 Å². The third kappa shape index (κ3) is 2.69. The highest BCUT2D eigenvalue weighted by Gasteiger charge is 2.30. The first-order valence-electron chi connectivity index (χ1n) is 5.71. The molecule has 0 aromatic carbocycles. The standard InChI is InChI=1S/C11H24N2O/c1-4-10-6-5-9(2)13(10)8-11(7-12)14-3/h9-11H,4-8,12H2,1-3H3. The normalized spacial score (nSPS) is 30.9. The van der Waals surface area contributed by atoms with Crippen molar-refractivity contribution in [3.63, 3.8) is 0 Å². The summed E-state index contributed by atoms with van der Waals surface area (Å²) in [6.07, 6.45) is 4.09. The van der Waals surface area contributed by atoms with Gasteiger partial charge < -0.3 is 10.5 Å². The van der Waals surface area contributed by atoms with Crippen LogP contribution in [0.5, 0.6) is 0 Å². The number of methoxy groups -OCH3 is 1. The Morgan fingerprint density at radius 3 is 2.71 bits per heavy atom. The molecule has 2 N–H and O–H groups in total. The van der Waals surface area contributed by atoms with Crippen molar-refractivity contribution in [1.29, 1.82) is 0 Å². The van der Waals surface area contributed by atoms with E-state index in [1.807, 2.05) is 0 Å². The van der Waals surface area contributed by atoms with Crippen LogP contribution in [0.4, 0.5) is 0 Å². The van der Waals surface area contributed by atoms with Gasteiger partial charge in [-0.1, -0.05) is 6.92 Å². The second-order valence-electron chi connectivity index (χ2n) is 4.28. The summed E-state index contributed by atoms with van der Waals surface area (Å²) in [4.78, 5) is 2.56.